The first kappa shape index (κ1) is 13.6. The molecule has 1 saturated heterocycles. The molecule has 0 aromatic heterocycles. The number of hydrogen-bond acceptors (Lipinski definition) is 3. The van der Waals surface area contributed by atoms with Crippen LogP contribution in [0.3, 0.4) is 0 Å². The fraction of sp³-hybridized carbons (Fsp3) is 0.562. The van der Waals surface area contributed by atoms with E-state index in [1.54, 1.807) is 0 Å². The van der Waals surface area contributed by atoms with Gasteiger partial charge in [-0.05, 0) is 44.4 Å². The van der Waals surface area contributed by atoms with Crippen LogP contribution >= 0.6 is 0 Å². The van der Waals surface area contributed by atoms with Gasteiger partial charge in [0.25, 0.3) is 5.91 Å². The number of carbonyl (C=O) groups is 1. The molecule has 0 aliphatic carbocycles. The van der Waals surface area contributed by atoms with Gasteiger partial charge in [0.05, 0.1) is 6.61 Å². The lowest BCUT2D eigenvalue weighted by Crippen LogP contribution is -2.43. The van der Waals surface area contributed by atoms with Gasteiger partial charge in [-0.25, -0.2) is 0 Å². The van der Waals surface area contributed by atoms with Crippen LogP contribution in [-0.4, -0.2) is 42.4 Å². The van der Waals surface area contributed by atoms with Crippen LogP contribution in [0.1, 0.15) is 35.3 Å². The maximum absolute atomic E-state index is 12.5. The Morgan fingerprint density at radius 3 is 2.90 bits per heavy atom. The normalized spacial score (nSPS) is 24.9. The largest absolute Gasteiger partial charge is 0.348 e. The van der Waals surface area contributed by atoms with Gasteiger partial charge in [0.15, 0.2) is 5.79 Å². The van der Waals surface area contributed by atoms with Crippen molar-refractivity contribution in [3.63, 3.8) is 0 Å². The monoisotopic (exact) mass is 275 g/mol. The summed E-state index contributed by atoms with van der Waals surface area (Å²) in [5.74, 6) is -0.416. The molecule has 0 spiro atoms. The van der Waals surface area contributed by atoms with Crippen LogP contribution in [0.2, 0.25) is 0 Å². The van der Waals surface area contributed by atoms with Gasteiger partial charge < -0.3 is 14.4 Å². The van der Waals surface area contributed by atoms with Crippen molar-refractivity contribution in [1.29, 1.82) is 0 Å². The molecule has 2 aliphatic heterocycles. The molecule has 4 nitrogen and oxygen atoms in total. The van der Waals surface area contributed by atoms with Crippen LogP contribution in [0.15, 0.2) is 18.2 Å². The predicted molar refractivity (Wildman–Crippen MR) is 75.7 cm³/mol. The third kappa shape index (κ3) is 2.45. The molecule has 0 N–H and O–H groups in total. The van der Waals surface area contributed by atoms with E-state index in [1.165, 1.54) is 11.1 Å². The van der Waals surface area contributed by atoms with E-state index in [0.29, 0.717) is 13.2 Å². The summed E-state index contributed by atoms with van der Waals surface area (Å²) in [7, 11) is 0. The molecular formula is C16H21NO3. The Morgan fingerprint density at radius 2 is 2.20 bits per heavy atom. The lowest BCUT2D eigenvalue weighted by Gasteiger charge is -2.31. The number of fused-ring (bicyclic) bond motifs is 1. The highest BCUT2D eigenvalue weighted by molar-refractivity contribution is 5.97. The van der Waals surface area contributed by atoms with Crippen LogP contribution in [0, 0.1) is 6.92 Å². The number of hydrogen-bond donors (Lipinski definition) is 0. The third-order valence-electron chi connectivity index (χ3n) is 4.05. The molecule has 1 atom stereocenters. The quantitative estimate of drug-likeness (QED) is 0.830. The summed E-state index contributed by atoms with van der Waals surface area (Å²) in [4.78, 5) is 14.4. The van der Waals surface area contributed by atoms with E-state index in [0.717, 1.165) is 18.5 Å². The molecule has 4 heteroatoms. The fourth-order valence-corrected chi connectivity index (χ4v) is 3.03. The van der Waals surface area contributed by atoms with Crippen molar-refractivity contribution in [2.75, 3.05) is 19.7 Å². The van der Waals surface area contributed by atoms with Gasteiger partial charge in [0, 0.05) is 18.7 Å². The van der Waals surface area contributed by atoms with E-state index in [2.05, 4.69) is 13.0 Å². The molecule has 0 saturated carbocycles. The predicted octanol–water partition coefficient (Wildman–Crippen LogP) is 2.14. The highest BCUT2D eigenvalue weighted by Gasteiger charge is 2.35. The Morgan fingerprint density at radius 1 is 1.40 bits per heavy atom. The Labute approximate surface area is 119 Å². The second-order valence-electron chi connectivity index (χ2n) is 6.05. The van der Waals surface area contributed by atoms with Crippen LogP contribution in [-0.2, 0) is 15.9 Å². The van der Waals surface area contributed by atoms with Gasteiger partial charge >= 0.3 is 0 Å². The molecule has 20 heavy (non-hydrogen) atoms. The van der Waals surface area contributed by atoms with Gasteiger partial charge in [0.2, 0.25) is 0 Å². The fourth-order valence-electron chi connectivity index (χ4n) is 3.03. The number of carbonyl (C=O) groups excluding carboxylic acids is 1. The molecule has 2 heterocycles. The summed E-state index contributed by atoms with van der Waals surface area (Å²) in [6.07, 6.45) is 0.894. The standard InChI is InChI=1S/C16H21NO3/c1-11-5-4-6-14-13(11)7-8-17(15(14)18)9-12-10-19-16(2,3)20-12/h4-6,12H,7-10H2,1-3H3. The average molecular weight is 275 g/mol. The molecule has 1 unspecified atom stereocenters. The molecule has 1 fully saturated rings. The lowest BCUT2D eigenvalue weighted by molar-refractivity contribution is -0.139. The second-order valence-corrected chi connectivity index (χ2v) is 6.05. The average Bonchev–Trinajstić information content (AvgIpc) is 2.73. The SMILES string of the molecule is Cc1cccc2c1CCN(CC1COC(C)(C)O1)C2=O. The summed E-state index contributed by atoms with van der Waals surface area (Å²) >= 11 is 0. The Kier molecular flexibility index (Phi) is 3.30. The maximum Gasteiger partial charge on any atom is 0.254 e. The Bertz CT molecular complexity index is 539. The van der Waals surface area contributed by atoms with Gasteiger partial charge in [-0.1, -0.05) is 12.1 Å². The number of nitrogens with zero attached hydrogens (tertiary/aromatic N) is 1. The van der Waals surface area contributed by atoms with Crippen molar-refractivity contribution < 1.29 is 14.3 Å². The third-order valence-corrected chi connectivity index (χ3v) is 4.05. The maximum atomic E-state index is 12.5. The molecule has 0 radical (unpaired) electrons. The molecule has 2 aliphatic rings. The minimum absolute atomic E-state index is 0.0275. The summed E-state index contributed by atoms with van der Waals surface area (Å²) in [5, 5.41) is 0. The van der Waals surface area contributed by atoms with E-state index in [9.17, 15) is 4.79 Å². The van der Waals surface area contributed by atoms with Crippen molar-refractivity contribution in [3.05, 3.63) is 34.9 Å². The number of aryl methyl sites for hydroxylation is 1. The van der Waals surface area contributed by atoms with Gasteiger partial charge in [-0.15, -0.1) is 0 Å². The minimum atomic E-state index is -0.530. The summed E-state index contributed by atoms with van der Waals surface area (Å²) < 4.78 is 11.4. The van der Waals surface area contributed by atoms with E-state index < -0.39 is 5.79 Å². The molecule has 3 rings (SSSR count). The molecule has 1 aromatic carbocycles. The first-order valence-corrected chi connectivity index (χ1v) is 7.16. The zero-order chi connectivity index (χ0) is 14.3. The van der Waals surface area contributed by atoms with Crippen molar-refractivity contribution in [2.45, 2.75) is 39.1 Å². The molecule has 1 aromatic rings. The first-order valence-electron chi connectivity index (χ1n) is 7.16. The van der Waals surface area contributed by atoms with E-state index in [4.69, 9.17) is 9.47 Å². The van der Waals surface area contributed by atoms with E-state index in [1.807, 2.05) is 30.9 Å². The van der Waals surface area contributed by atoms with Gasteiger partial charge in [0.1, 0.15) is 6.10 Å². The van der Waals surface area contributed by atoms with Crippen LogP contribution in [0.5, 0.6) is 0 Å². The first-order chi connectivity index (χ1) is 9.46. The summed E-state index contributed by atoms with van der Waals surface area (Å²) in [6.45, 7) is 7.80. The highest BCUT2D eigenvalue weighted by Crippen LogP contribution is 2.26. The van der Waals surface area contributed by atoms with Crippen molar-refractivity contribution in [3.8, 4) is 0 Å². The molecule has 0 bridgehead atoms. The molecule has 108 valence electrons. The zero-order valence-electron chi connectivity index (χ0n) is 12.3. The van der Waals surface area contributed by atoms with E-state index in [-0.39, 0.29) is 12.0 Å². The summed E-state index contributed by atoms with van der Waals surface area (Å²) in [5.41, 5.74) is 3.24. The van der Waals surface area contributed by atoms with Crippen LogP contribution < -0.4 is 0 Å². The number of benzene rings is 1. The van der Waals surface area contributed by atoms with E-state index >= 15 is 0 Å². The van der Waals surface area contributed by atoms with Crippen LogP contribution in [0.4, 0.5) is 0 Å². The Balaban J connectivity index is 1.73. The second kappa shape index (κ2) is 4.86. The molecular weight excluding hydrogens is 254 g/mol. The van der Waals surface area contributed by atoms with Crippen molar-refractivity contribution in [2.24, 2.45) is 0 Å². The number of amides is 1. The topological polar surface area (TPSA) is 38.8 Å². The highest BCUT2D eigenvalue weighted by atomic mass is 16.7. The zero-order valence-corrected chi connectivity index (χ0v) is 12.3. The number of ether oxygens (including phenoxy) is 2. The smallest absolute Gasteiger partial charge is 0.254 e. The molecule has 1 amide bonds. The Hall–Kier alpha value is -1.39. The van der Waals surface area contributed by atoms with Gasteiger partial charge in [-0.3, -0.25) is 4.79 Å². The van der Waals surface area contributed by atoms with Crippen molar-refractivity contribution in [1.82, 2.24) is 4.90 Å². The van der Waals surface area contributed by atoms with Gasteiger partial charge in [-0.2, -0.15) is 0 Å². The number of rotatable bonds is 2. The lowest BCUT2D eigenvalue weighted by atomic mass is 9.94. The summed E-state index contributed by atoms with van der Waals surface area (Å²) in [6, 6.07) is 5.94. The van der Waals surface area contributed by atoms with Crippen LogP contribution in [0.25, 0.3) is 0 Å². The van der Waals surface area contributed by atoms with Crippen molar-refractivity contribution >= 4 is 5.91 Å². The minimum Gasteiger partial charge on any atom is -0.348 e.